The summed E-state index contributed by atoms with van der Waals surface area (Å²) < 4.78 is 41.9. The number of pyridine rings is 1. The van der Waals surface area contributed by atoms with E-state index in [-0.39, 0.29) is 12.4 Å². The van der Waals surface area contributed by atoms with Crippen molar-refractivity contribution in [1.29, 1.82) is 0 Å². The van der Waals surface area contributed by atoms with Crippen molar-refractivity contribution in [3.8, 4) is 17.2 Å². The monoisotopic (exact) mass is 449 g/mol. The fourth-order valence-corrected chi connectivity index (χ4v) is 2.81. The largest absolute Gasteiger partial charge is 0.494 e. The Balaban J connectivity index is 0.000000534. The van der Waals surface area contributed by atoms with Gasteiger partial charge in [-0.2, -0.15) is 0 Å². The van der Waals surface area contributed by atoms with Gasteiger partial charge in [-0.05, 0) is 41.3 Å². The van der Waals surface area contributed by atoms with Crippen LogP contribution >= 0.6 is 0 Å². The first kappa shape index (κ1) is 24.3. The van der Waals surface area contributed by atoms with Gasteiger partial charge in [-0.3, -0.25) is 4.98 Å². The zero-order chi connectivity index (χ0) is 23.7. The van der Waals surface area contributed by atoms with Crippen LogP contribution in [0, 0.1) is 5.82 Å². The predicted octanol–water partition coefficient (Wildman–Crippen LogP) is 3.49. The molecule has 0 radical (unpaired) electrons. The molecule has 0 saturated heterocycles. The van der Waals surface area contributed by atoms with Gasteiger partial charge in [0.05, 0.1) is 19.9 Å². The van der Waals surface area contributed by atoms with Gasteiger partial charge in [-0.25, -0.2) is 18.4 Å². The first-order valence-corrected chi connectivity index (χ1v) is 9.23. The lowest BCUT2D eigenvalue weighted by atomic mass is 10.0. The molecule has 0 unspecified atom stereocenters. The van der Waals surface area contributed by atoms with Crippen molar-refractivity contribution in [3.05, 3.63) is 59.7 Å². The van der Waals surface area contributed by atoms with Crippen molar-refractivity contribution < 1.29 is 42.8 Å². The molecule has 0 saturated carbocycles. The molecular formula is C22H21F2NO7. The predicted molar refractivity (Wildman–Crippen MR) is 111 cm³/mol. The Labute approximate surface area is 182 Å². The van der Waals surface area contributed by atoms with E-state index in [0.29, 0.717) is 17.9 Å². The molecule has 0 aliphatic carbocycles. The Kier molecular flexibility index (Phi) is 8.70. The maximum Gasteiger partial charge on any atom is 0.414 e. The third-order valence-corrected chi connectivity index (χ3v) is 4.24. The smallest absolute Gasteiger partial charge is 0.414 e. The summed E-state index contributed by atoms with van der Waals surface area (Å²) in [5.41, 5.74) is 1.66. The number of benzene rings is 2. The quantitative estimate of drug-likeness (QED) is 0.527. The molecule has 0 spiro atoms. The SMILES string of the molecule is COc1cc(Cc2nccc3cc(OC)c(OCCF)cc23)ccc1F.O=C(O)C(=O)O. The van der Waals surface area contributed by atoms with Crippen LogP contribution in [0.1, 0.15) is 11.3 Å². The van der Waals surface area contributed by atoms with E-state index in [0.717, 1.165) is 22.0 Å². The second-order valence-corrected chi connectivity index (χ2v) is 6.28. The van der Waals surface area contributed by atoms with E-state index < -0.39 is 24.4 Å². The molecule has 0 amide bonds. The van der Waals surface area contributed by atoms with Crippen LogP contribution < -0.4 is 14.2 Å². The molecule has 170 valence electrons. The summed E-state index contributed by atoms with van der Waals surface area (Å²) in [5.74, 6) is -2.87. The van der Waals surface area contributed by atoms with Gasteiger partial charge in [0.25, 0.3) is 0 Å². The summed E-state index contributed by atoms with van der Waals surface area (Å²) in [6, 6.07) is 10.2. The van der Waals surface area contributed by atoms with E-state index in [1.54, 1.807) is 24.4 Å². The molecule has 2 aromatic carbocycles. The molecule has 10 heteroatoms. The van der Waals surface area contributed by atoms with Crippen LogP contribution in [-0.2, 0) is 16.0 Å². The highest BCUT2D eigenvalue weighted by molar-refractivity contribution is 6.27. The van der Waals surface area contributed by atoms with Gasteiger partial charge in [-0.15, -0.1) is 0 Å². The van der Waals surface area contributed by atoms with Crippen molar-refractivity contribution in [2.45, 2.75) is 6.42 Å². The molecule has 0 bridgehead atoms. The van der Waals surface area contributed by atoms with E-state index in [9.17, 15) is 8.78 Å². The summed E-state index contributed by atoms with van der Waals surface area (Å²) in [6.45, 7) is -0.636. The number of nitrogens with zero attached hydrogens (tertiary/aromatic N) is 1. The van der Waals surface area contributed by atoms with Crippen LogP contribution in [0.4, 0.5) is 8.78 Å². The van der Waals surface area contributed by atoms with Gasteiger partial charge in [-0.1, -0.05) is 6.07 Å². The van der Waals surface area contributed by atoms with Crippen LogP contribution in [0.15, 0.2) is 42.6 Å². The first-order valence-electron chi connectivity index (χ1n) is 9.23. The lowest BCUT2D eigenvalue weighted by Gasteiger charge is -2.13. The van der Waals surface area contributed by atoms with Gasteiger partial charge in [0, 0.05) is 18.0 Å². The average molecular weight is 449 g/mol. The number of methoxy groups -OCH3 is 2. The fourth-order valence-electron chi connectivity index (χ4n) is 2.81. The second-order valence-electron chi connectivity index (χ2n) is 6.28. The number of carbonyl (C=O) groups is 2. The summed E-state index contributed by atoms with van der Waals surface area (Å²) in [5, 5.41) is 16.6. The summed E-state index contributed by atoms with van der Waals surface area (Å²) >= 11 is 0. The zero-order valence-electron chi connectivity index (χ0n) is 17.3. The maximum atomic E-state index is 13.6. The Morgan fingerprint density at radius 2 is 1.66 bits per heavy atom. The Morgan fingerprint density at radius 3 is 2.25 bits per heavy atom. The number of aliphatic carboxylic acids is 2. The van der Waals surface area contributed by atoms with Gasteiger partial charge in [0.1, 0.15) is 13.3 Å². The highest BCUT2D eigenvalue weighted by Gasteiger charge is 2.12. The number of fused-ring (bicyclic) bond motifs is 1. The zero-order valence-corrected chi connectivity index (χ0v) is 17.3. The fraction of sp³-hybridized carbons (Fsp3) is 0.227. The maximum absolute atomic E-state index is 13.6. The number of hydrogen-bond acceptors (Lipinski definition) is 6. The molecule has 0 fully saturated rings. The minimum absolute atomic E-state index is 0.0490. The number of carboxylic acids is 2. The van der Waals surface area contributed by atoms with E-state index in [1.165, 1.54) is 20.3 Å². The molecule has 3 aromatic rings. The molecule has 0 aliphatic rings. The second kappa shape index (κ2) is 11.4. The Bertz CT molecular complexity index is 1090. The van der Waals surface area contributed by atoms with Gasteiger partial charge >= 0.3 is 11.9 Å². The molecular weight excluding hydrogens is 428 g/mol. The van der Waals surface area contributed by atoms with E-state index in [2.05, 4.69) is 4.98 Å². The van der Waals surface area contributed by atoms with Crippen molar-refractivity contribution in [1.82, 2.24) is 4.98 Å². The number of carboxylic acid groups (broad SMARTS) is 2. The topological polar surface area (TPSA) is 115 Å². The Hall–Kier alpha value is -3.95. The van der Waals surface area contributed by atoms with E-state index >= 15 is 0 Å². The average Bonchev–Trinajstić information content (AvgIpc) is 2.78. The van der Waals surface area contributed by atoms with Crippen LogP contribution in [0.2, 0.25) is 0 Å². The van der Waals surface area contributed by atoms with Gasteiger partial charge < -0.3 is 24.4 Å². The van der Waals surface area contributed by atoms with E-state index in [1.807, 2.05) is 12.1 Å². The van der Waals surface area contributed by atoms with E-state index in [4.69, 9.17) is 34.0 Å². The lowest BCUT2D eigenvalue weighted by molar-refractivity contribution is -0.159. The molecule has 3 rings (SSSR count). The van der Waals surface area contributed by atoms with Crippen molar-refractivity contribution in [3.63, 3.8) is 0 Å². The van der Waals surface area contributed by atoms with Crippen LogP contribution in [0.5, 0.6) is 17.2 Å². The minimum atomic E-state index is -1.82. The van der Waals surface area contributed by atoms with Gasteiger partial charge in [0.15, 0.2) is 23.1 Å². The third-order valence-electron chi connectivity index (χ3n) is 4.24. The highest BCUT2D eigenvalue weighted by Crippen LogP contribution is 2.34. The number of alkyl halides is 1. The molecule has 8 nitrogen and oxygen atoms in total. The summed E-state index contributed by atoms with van der Waals surface area (Å²) in [6.07, 6.45) is 2.20. The molecule has 0 aliphatic heterocycles. The summed E-state index contributed by atoms with van der Waals surface area (Å²) in [7, 11) is 2.97. The number of halogens is 2. The highest BCUT2D eigenvalue weighted by atomic mass is 19.1. The molecule has 1 aromatic heterocycles. The number of hydrogen-bond donors (Lipinski definition) is 2. The van der Waals surface area contributed by atoms with Crippen LogP contribution in [0.25, 0.3) is 10.8 Å². The number of rotatable bonds is 7. The van der Waals surface area contributed by atoms with Crippen LogP contribution in [0.3, 0.4) is 0 Å². The summed E-state index contributed by atoms with van der Waals surface area (Å²) in [4.78, 5) is 22.7. The molecule has 32 heavy (non-hydrogen) atoms. The van der Waals surface area contributed by atoms with Crippen molar-refractivity contribution in [2.24, 2.45) is 0 Å². The number of ether oxygens (including phenoxy) is 3. The third kappa shape index (κ3) is 6.27. The van der Waals surface area contributed by atoms with Crippen molar-refractivity contribution in [2.75, 3.05) is 27.5 Å². The molecule has 2 N–H and O–H groups in total. The standard InChI is InChI=1S/C20H19F2NO3.C2H2O4/c1-24-18-10-13(3-4-16(18)22)9-17-15-12-20(26-8-6-21)19(25-2)11-14(15)5-7-23-17;3-1(4)2(5)6/h3-5,7,10-12H,6,8-9H2,1-2H3;(H,3,4)(H,5,6). The minimum Gasteiger partial charge on any atom is -0.494 e. The molecule has 0 atom stereocenters. The normalized spacial score (nSPS) is 10.1. The molecule has 1 heterocycles. The van der Waals surface area contributed by atoms with Crippen molar-refractivity contribution >= 4 is 22.7 Å². The lowest BCUT2D eigenvalue weighted by Crippen LogP contribution is -2.09. The van der Waals surface area contributed by atoms with Gasteiger partial charge in [0.2, 0.25) is 0 Å². The number of aromatic nitrogens is 1. The van der Waals surface area contributed by atoms with Crippen LogP contribution in [-0.4, -0.2) is 54.6 Å². The Morgan fingerprint density at radius 1 is 0.969 bits per heavy atom. The first-order chi connectivity index (χ1) is 15.3.